The van der Waals surface area contributed by atoms with E-state index in [0.29, 0.717) is 11.8 Å². The molecular formula is C13H10N2. The molecule has 2 aliphatic rings. The Morgan fingerprint density at radius 3 is 1.93 bits per heavy atom. The van der Waals surface area contributed by atoms with Gasteiger partial charge in [0.15, 0.2) is 0 Å². The molecule has 2 unspecified atom stereocenters. The Morgan fingerprint density at radius 2 is 1.40 bits per heavy atom. The van der Waals surface area contributed by atoms with Crippen LogP contribution in [0.5, 0.6) is 0 Å². The summed E-state index contributed by atoms with van der Waals surface area (Å²) in [6, 6.07) is 4.43. The molecule has 0 aliphatic heterocycles. The maximum absolute atomic E-state index is 4.36. The average molecular weight is 194 g/mol. The molecule has 2 atom stereocenters. The molecule has 0 N–H and O–H groups in total. The van der Waals surface area contributed by atoms with E-state index in [2.05, 4.69) is 34.3 Å². The van der Waals surface area contributed by atoms with Crippen LogP contribution in [0.2, 0.25) is 0 Å². The minimum atomic E-state index is 0.636. The Bertz CT molecular complexity index is 536. The third kappa shape index (κ3) is 0.890. The van der Waals surface area contributed by atoms with Gasteiger partial charge < -0.3 is 0 Å². The summed E-state index contributed by atoms with van der Waals surface area (Å²) in [6.45, 7) is 0. The third-order valence-electron chi connectivity index (χ3n) is 3.56. The molecule has 0 saturated carbocycles. The fourth-order valence-electron chi connectivity index (χ4n) is 2.85. The number of hydrogen-bond acceptors (Lipinski definition) is 2. The standard InChI is InChI=1S/C13H10N2/c1-2-9-5-8(1)10-6-12-13(7-11(9)10)15-4-3-14-12/h1-4,6-9H,5H2. The zero-order valence-corrected chi connectivity index (χ0v) is 8.22. The van der Waals surface area contributed by atoms with Crippen LogP contribution < -0.4 is 0 Å². The van der Waals surface area contributed by atoms with Gasteiger partial charge in [0.1, 0.15) is 0 Å². The van der Waals surface area contributed by atoms with Gasteiger partial charge in [-0.05, 0) is 29.7 Å². The topological polar surface area (TPSA) is 25.8 Å². The molecule has 2 bridgehead atoms. The summed E-state index contributed by atoms with van der Waals surface area (Å²) in [6.07, 6.45) is 9.44. The number of aromatic nitrogens is 2. The Balaban J connectivity index is 2.09. The Morgan fingerprint density at radius 1 is 0.867 bits per heavy atom. The van der Waals surface area contributed by atoms with E-state index in [1.54, 1.807) is 12.4 Å². The van der Waals surface area contributed by atoms with Crippen molar-refractivity contribution in [2.24, 2.45) is 0 Å². The van der Waals surface area contributed by atoms with Gasteiger partial charge in [0.05, 0.1) is 11.0 Å². The first-order valence-corrected chi connectivity index (χ1v) is 5.35. The lowest BCUT2D eigenvalue weighted by Crippen LogP contribution is -1.94. The van der Waals surface area contributed by atoms with Gasteiger partial charge in [0, 0.05) is 24.2 Å². The molecule has 1 aromatic carbocycles. The van der Waals surface area contributed by atoms with E-state index in [1.807, 2.05) is 0 Å². The van der Waals surface area contributed by atoms with Crippen molar-refractivity contribution < 1.29 is 0 Å². The maximum atomic E-state index is 4.36. The number of rotatable bonds is 0. The molecule has 1 aromatic heterocycles. The van der Waals surface area contributed by atoms with Crippen LogP contribution >= 0.6 is 0 Å². The highest BCUT2D eigenvalue weighted by Gasteiger charge is 2.32. The van der Waals surface area contributed by atoms with Crippen molar-refractivity contribution in [2.75, 3.05) is 0 Å². The molecule has 0 radical (unpaired) electrons. The van der Waals surface area contributed by atoms with Crippen LogP contribution in [0.15, 0.2) is 36.7 Å². The zero-order valence-electron chi connectivity index (χ0n) is 8.22. The summed E-state index contributed by atoms with van der Waals surface area (Å²) in [5, 5.41) is 0. The monoisotopic (exact) mass is 194 g/mol. The van der Waals surface area contributed by atoms with Crippen molar-refractivity contribution >= 4 is 11.0 Å². The van der Waals surface area contributed by atoms with E-state index in [9.17, 15) is 0 Å². The number of fused-ring (bicyclic) bond motifs is 6. The Kier molecular flexibility index (Phi) is 1.24. The summed E-state index contributed by atoms with van der Waals surface area (Å²) in [5.74, 6) is 1.27. The Hall–Kier alpha value is -1.70. The van der Waals surface area contributed by atoms with Crippen molar-refractivity contribution in [3.63, 3.8) is 0 Å². The fourth-order valence-corrected chi connectivity index (χ4v) is 2.85. The molecule has 1 heterocycles. The molecule has 2 aliphatic carbocycles. The lowest BCUT2D eigenvalue weighted by Gasteiger charge is -2.10. The Labute approximate surface area is 87.7 Å². The molecule has 2 aromatic rings. The molecule has 0 spiro atoms. The predicted molar refractivity (Wildman–Crippen MR) is 58.8 cm³/mol. The molecule has 4 rings (SSSR count). The first kappa shape index (κ1) is 7.57. The smallest absolute Gasteiger partial charge is 0.0889 e. The minimum absolute atomic E-state index is 0.636. The van der Waals surface area contributed by atoms with Crippen molar-refractivity contribution in [3.05, 3.63) is 47.8 Å². The van der Waals surface area contributed by atoms with Gasteiger partial charge in [-0.25, -0.2) is 0 Å². The average Bonchev–Trinajstić information content (AvgIpc) is 2.87. The number of benzene rings is 1. The molecular weight excluding hydrogens is 184 g/mol. The summed E-state index contributed by atoms with van der Waals surface area (Å²) in [5.41, 5.74) is 4.99. The van der Waals surface area contributed by atoms with Gasteiger partial charge in [0.25, 0.3) is 0 Å². The van der Waals surface area contributed by atoms with Crippen LogP contribution in [-0.2, 0) is 0 Å². The van der Waals surface area contributed by atoms with Crippen LogP contribution in [0.4, 0.5) is 0 Å². The highest BCUT2D eigenvalue weighted by atomic mass is 14.8. The van der Waals surface area contributed by atoms with Gasteiger partial charge in [-0.3, -0.25) is 9.97 Å². The predicted octanol–water partition coefficient (Wildman–Crippen LogP) is 2.77. The van der Waals surface area contributed by atoms with Crippen LogP contribution in [0.3, 0.4) is 0 Å². The second-order valence-electron chi connectivity index (χ2n) is 4.36. The summed E-state index contributed by atoms with van der Waals surface area (Å²) in [4.78, 5) is 8.71. The lowest BCUT2D eigenvalue weighted by atomic mass is 9.96. The van der Waals surface area contributed by atoms with E-state index in [1.165, 1.54) is 17.5 Å². The summed E-state index contributed by atoms with van der Waals surface area (Å²) < 4.78 is 0. The highest BCUT2D eigenvalue weighted by molar-refractivity contribution is 5.77. The maximum Gasteiger partial charge on any atom is 0.0889 e. The quantitative estimate of drug-likeness (QED) is 0.603. The number of allylic oxidation sites excluding steroid dienone is 2. The first-order valence-electron chi connectivity index (χ1n) is 5.35. The molecule has 2 heteroatoms. The molecule has 72 valence electrons. The molecule has 0 saturated heterocycles. The SMILES string of the molecule is C1=CC2CC1c1cc3nccnc3cc12. The van der Waals surface area contributed by atoms with Gasteiger partial charge in [-0.1, -0.05) is 12.2 Å². The van der Waals surface area contributed by atoms with Crippen LogP contribution in [-0.4, -0.2) is 9.97 Å². The van der Waals surface area contributed by atoms with E-state index in [0.717, 1.165) is 11.0 Å². The second-order valence-corrected chi connectivity index (χ2v) is 4.36. The highest BCUT2D eigenvalue weighted by Crippen LogP contribution is 2.48. The normalized spacial score (nSPS) is 26.1. The van der Waals surface area contributed by atoms with E-state index < -0.39 is 0 Å². The lowest BCUT2D eigenvalue weighted by molar-refractivity contribution is 0.805. The first-order chi connectivity index (χ1) is 7.42. The molecule has 15 heavy (non-hydrogen) atoms. The van der Waals surface area contributed by atoms with E-state index >= 15 is 0 Å². The van der Waals surface area contributed by atoms with Crippen LogP contribution in [0.1, 0.15) is 29.4 Å². The van der Waals surface area contributed by atoms with Crippen molar-refractivity contribution in [2.45, 2.75) is 18.3 Å². The number of nitrogens with zero attached hydrogens (tertiary/aromatic N) is 2. The van der Waals surface area contributed by atoms with Crippen molar-refractivity contribution in [3.8, 4) is 0 Å². The minimum Gasteiger partial charge on any atom is -0.253 e. The van der Waals surface area contributed by atoms with Crippen LogP contribution in [0, 0.1) is 0 Å². The van der Waals surface area contributed by atoms with E-state index in [4.69, 9.17) is 0 Å². The number of hydrogen-bond donors (Lipinski definition) is 0. The largest absolute Gasteiger partial charge is 0.253 e. The van der Waals surface area contributed by atoms with Gasteiger partial charge in [-0.15, -0.1) is 0 Å². The van der Waals surface area contributed by atoms with Gasteiger partial charge >= 0.3 is 0 Å². The molecule has 2 nitrogen and oxygen atoms in total. The van der Waals surface area contributed by atoms with Gasteiger partial charge in [-0.2, -0.15) is 0 Å². The van der Waals surface area contributed by atoms with Crippen LogP contribution in [0.25, 0.3) is 11.0 Å². The summed E-state index contributed by atoms with van der Waals surface area (Å²) in [7, 11) is 0. The van der Waals surface area contributed by atoms with Crippen molar-refractivity contribution in [1.29, 1.82) is 0 Å². The fraction of sp³-hybridized carbons (Fsp3) is 0.231. The van der Waals surface area contributed by atoms with Crippen molar-refractivity contribution in [1.82, 2.24) is 9.97 Å². The second kappa shape index (κ2) is 2.45. The zero-order chi connectivity index (χ0) is 9.83. The molecule has 0 amide bonds. The molecule has 0 fully saturated rings. The summed E-state index contributed by atoms with van der Waals surface area (Å²) >= 11 is 0. The van der Waals surface area contributed by atoms with Gasteiger partial charge in [0.2, 0.25) is 0 Å². The third-order valence-corrected chi connectivity index (χ3v) is 3.56. The van der Waals surface area contributed by atoms with E-state index in [-0.39, 0.29) is 0 Å².